The van der Waals surface area contributed by atoms with Gasteiger partial charge < -0.3 is 15.5 Å². The lowest BCUT2D eigenvalue weighted by Gasteiger charge is -2.18. The van der Waals surface area contributed by atoms with E-state index in [1.54, 1.807) is 6.92 Å². The third-order valence-corrected chi connectivity index (χ3v) is 4.42. The number of esters is 1. The second kappa shape index (κ2) is 11.1. The second-order valence-electron chi connectivity index (χ2n) is 6.42. The molecule has 0 aliphatic rings. The molecule has 1 amide bonds. The van der Waals surface area contributed by atoms with Gasteiger partial charge in [-0.05, 0) is 42.2 Å². The number of ether oxygens (including phenoxy) is 1. The molecule has 2 N–H and O–H groups in total. The van der Waals surface area contributed by atoms with Crippen molar-refractivity contribution in [1.29, 1.82) is 5.41 Å². The first-order valence-electron chi connectivity index (χ1n) is 9.26. The van der Waals surface area contributed by atoms with E-state index >= 15 is 0 Å². The number of rotatable bonds is 10. The largest absolute Gasteiger partial charge is 0.466 e. The minimum Gasteiger partial charge on any atom is -0.466 e. The van der Waals surface area contributed by atoms with Gasteiger partial charge in [0.25, 0.3) is 5.91 Å². The van der Waals surface area contributed by atoms with Crippen molar-refractivity contribution in [3.8, 4) is 11.1 Å². The molecular weight excluding hydrogens is 392 g/mol. The predicted octanol–water partition coefficient (Wildman–Crippen LogP) is 3.60. The summed E-state index contributed by atoms with van der Waals surface area (Å²) in [5.74, 6) is -1.98. The summed E-state index contributed by atoms with van der Waals surface area (Å²) in [6.07, 6.45) is 0.912. The van der Waals surface area contributed by atoms with Crippen molar-refractivity contribution in [2.45, 2.75) is 32.2 Å². The lowest BCUT2D eigenvalue weighted by molar-refractivity contribution is -0.144. The molecule has 152 valence electrons. The molecule has 0 aliphatic heterocycles. The first-order chi connectivity index (χ1) is 13.9. The van der Waals surface area contributed by atoms with Crippen LogP contribution in [-0.4, -0.2) is 36.5 Å². The molecule has 29 heavy (non-hydrogen) atoms. The normalized spacial score (nSPS) is 11.4. The maximum atomic E-state index is 12.0. The molecule has 0 fully saturated rings. The Balaban J connectivity index is 2.12. The van der Waals surface area contributed by atoms with Crippen molar-refractivity contribution in [1.82, 2.24) is 5.32 Å². The lowest BCUT2D eigenvalue weighted by atomic mass is 9.99. The lowest BCUT2D eigenvalue weighted by Crippen LogP contribution is -2.42. The van der Waals surface area contributed by atoms with E-state index in [9.17, 15) is 14.4 Å². The van der Waals surface area contributed by atoms with E-state index in [4.69, 9.17) is 21.7 Å². The zero-order valence-corrected chi connectivity index (χ0v) is 16.9. The molecular formula is C22H23ClN2O4. The Kier molecular flexibility index (Phi) is 8.55. The molecule has 0 aliphatic carbocycles. The number of Topliss-reactive ketones (excluding diaryl/α,β-unsaturated/α-hetero) is 1. The van der Waals surface area contributed by atoms with E-state index in [0.717, 1.165) is 22.9 Å². The van der Waals surface area contributed by atoms with Crippen LogP contribution in [0.3, 0.4) is 0 Å². The third kappa shape index (κ3) is 7.16. The summed E-state index contributed by atoms with van der Waals surface area (Å²) in [7, 11) is 0. The van der Waals surface area contributed by atoms with Crippen molar-refractivity contribution in [3.05, 3.63) is 59.1 Å². The van der Waals surface area contributed by atoms with E-state index in [0.29, 0.717) is 11.4 Å². The fraction of sp³-hybridized carbons (Fsp3) is 0.273. The van der Waals surface area contributed by atoms with Gasteiger partial charge in [0.05, 0.1) is 19.4 Å². The minimum absolute atomic E-state index is 0.0481. The van der Waals surface area contributed by atoms with Gasteiger partial charge in [0.15, 0.2) is 0 Å². The Hall–Kier alpha value is -2.99. The Morgan fingerprint density at radius 1 is 1.14 bits per heavy atom. The summed E-state index contributed by atoms with van der Waals surface area (Å²) >= 11 is 6.04. The number of amides is 1. The van der Waals surface area contributed by atoms with Crippen LogP contribution in [0.1, 0.15) is 25.3 Å². The van der Waals surface area contributed by atoms with Crippen molar-refractivity contribution in [3.63, 3.8) is 0 Å². The molecule has 0 saturated carbocycles. The summed E-state index contributed by atoms with van der Waals surface area (Å²) in [6, 6.07) is 14.6. The highest BCUT2D eigenvalue weighted by Gasteiger charge is 2.21. The van der Waals surface area contributed by atoms with Gasteiger partial charge in [-0.3, -0.25) is 14.4 Å². The molecule has 0 radical (unpaired) electrons. The molecule has 0 heterocycles. The van der Waals surface area contributed by atoms with E-state index in [1.165, 1.54) is 0 Å². The smallest absolute Gasteiger partial charge is 0.307 e. The zero-order chi connectivity index (χ0) is 21.2. The molecule has 2 aromatic carbocycles. The number of hydrogen-bond donors (Lipinski definition) is 2. The van der Waals surface area contributed by atoms with Gasteiger partial charge in [0, 0.05) is 17.3 Å². The van der Waals surface area contributed by atoms with E-state index in [1.807, 2.05) is 48.5 Å². The number of halogens is 1. The number of benzene rings is 2. The van der Waals surface area contributed by atoms with Crippen molar-refractivity contribution in [2.75, 3.05) is 6.61 Å². The average molecular weight is 415 g/mol. The number of carbonyl (C=O) groups excluding carboxylic acids is 3. The van der Waals surface area contributed by atoms with Crippen LogP contribution in [0.5, 0.6) is 0 Å². The van der Waals surface area contributed by atoms with E-state index in [-0.39, 0.29) is 19.4 Å². The molecule has 0 saturated heterocycles. The van der Waals surface area contributed by atoms with Crippen LogP contribution in [0.15, 0.2) is 48.5 Å². The average Bonchev–Trinajstić information content (AvgIpc) is 2.68. The van der Waals surface area contributed by atoms with Gasteiger partial charge >= 0.3 is 5.97 Å². The molecule has 7 heteroatoms. The summed E-state index contributed by atoms with van der Waals surface area (Å²) in [6.45, 7) is 1.94. The second-order valence-corrected chi connectivity index (χ2v) is 6.86. The maximum absolute atomic E-state index is 12.0. The first kappa shape index (κ1) is 22.3. The van der Waals surface area contributed by atoms with Gasteiger partial charge in [0.1, 0.15) is 0 Å². The third-order valence-electron chi connectivity index (χ3n) is 4.19. The fourth-order valence-electron chi connectivity index (χ4n) is 2.83. The molecule has 1 atom stereocenters. The van der Waals surface area contributed by atoms with Crippen LogP contribution in [0, 0.1) is 5.41 Å². The Morgan fingerprint density at radius 2 is 1.86 bits per heavy atom. The molecule has 0 unspecified atom stereocenters. The van der Waals surface area contributed by atoms with E-state index in [2.05, 4.69) is 5.32 Å². The highest BCUT2D eigenvalue weighted by atomic mass is 35.5. The number of ketones is 1. The highest BCUT2D eigenvalue weighted by Crippen LogP contribution is 2.23. The molecule has 0 spiro atoms. The Bertz CT molecular complexity index is 881. The SMILES string of the molecule is CCOC(=O)C[C@@H](Cc1ccc(-c2cccc(Cl)c2)cc1)NC(=O)C(=O)CC=N. The molecule has 6 nitrogen and oxygen atoms in total. The Morgan fingerprint density at radius 3 is 2.48 bits per heavy atom. The van der Waals surface area contributed by atoms with Crippen LogP contribution >= 0.6 is 11.6 Å². The van der Waals surface area contributed by atoms with E-state index < -0.39 is 23.7 Å². The van der Waals surface area contributed by atoms with Crippen molar-refractivity contribution in [2.24, 2.45) is 0 Å². The molecule has 2 rings (SSSR count). The first-order valence-corrected chi connectivity index (χ1v) is 9.63. The molecule has 0 bridgehead atoms. The summed E-state index contributed by atoms with van der Waals surface area (Å²) in [5.41, 5.74) is 2.87. The van der Waals surface area contributed by atoms with Crippen molar-refractivity contribution < 1.29 is 19.1 Å². The topological polar surface area (TPSA) is 96.3 Å². The zero-order valence-electron chi connectivity index (χ0n) is 16.1. The quantitative estimate of drug-likeness (QED) is 0.352. The van der Waals surface area contributed by atoms with Gasteiger partial charge in [-0.1, -0.05) is 48.0 Å². The Labute approximate surface area is 174 Å². The number of nitrogens with one attached hydrogen (secondary N) is 2. The molecule has 2 aromatic rings. The summed E-state index contributed by atoms with van der Waals surface area (Å²) < 4.78 is 4.96. The fourth-order valence-corrected chi connectivity index (χ4v) is 3.02. The van der Waals surface area contributed by atoms with Gasteiger partial charge in [-0.2, -0.15) is 0 Å². The monoisotopic (exact) mass is 414 g/mol. The van der Waals surface area contributed by atoms with Crippen LogP contribution in [0.25, 0.3) is 11.1 Å². The van der Waals surface area contributed by atoms with Gasteiger partial charge in [0.2, 0.25) is 5.78 Å². The number of hydrogen-bond acceptors (Lipinski definition) is 5. The van der Waals surface area contributed by atoms with Gasteiger partial charge in [-0.25, -0.2) is 0 Å². The van der Waals surface area contributed by atoms with Crippen LogP contribution < -0.4 is 5.32 Å². The summed E-state index contributed by atoms with van der Waals surface area (Å²) in [5, 5.41) is 10.2. The van der Waals surface area contributed by atoms with Gasteiger partial charge in [-0.15, -0.1) is 0 Å². The van der Waals surface area contributed by atoms with Crippen molar-refractivity contribution >= 4 is 35.5 Å². The van der Waals surface area contributed by atoms with Crippen LogP contribution in [0.2, 0.25) is 5.02 Å². The highest BCUT2D eigenvalue weighted by molar-refractivity contribution is 6.38. The predicted molar refractivity (Wildman–Crippen MR) is 112 cm³/mol. The summed E-state index contributed by atoms with van der Waals surface area (Å²) in [4.78, 5) is 35.6. The minimum atomic E-state index is -0.807. The number of carbonyl (C=O) groups is 3. The maximum Gasteiger partial charge on any atom is 0.307 e. The van der Waals surface area contributed by atoms with Crippen LogP contribution in [-0.2, 0) is 25.5 Å². The van der Waals surface area contributed by atoms with Crippen LogP contribution in [0.4, 0.5) is 0 Å². The molecule has 0 aromatic heterocycles. The standard InChI is InChI=1S/C22H23ClN2O4/c1-2-29-21(27)14-19(25-22(28)20(26)10-11-24)12-15-6-8-16(9-7-15)17-4-3-5-18(23)13-17/h3-9,11,13,19,24H,2,10,12,14H2,1H3,(H,25,28)/t19-/m1/s1.